The number of hydrogen-bond donors (Lipinski definition) is 0. The molecule has 0 fully saturated rings. The van der Waals surface area contributed by atoms with E-state index < -0.39 is 11.6 Å². The molecule has 0 aliphatic carbocycles. The van der Waals surface area contributed by atoms with Gasteiger partial charge in [-0.2, -0.15) is 0 Å². The molecule has 1 aromatic rings. The number of nitrogens with zero attached hydrogens (tertiary/aromatic N) is 1. The number of benzene rings is 1. The van der Waals surface area contributed by atoms with Crippen molar-refractivity contribution in [2.75, 3.05) is 0 Å². The van der Waals surface area contributed by atoms with Gasteiger partial charge in [0.05, 0.1) is 0 Å². The van der Waals surface area contributed by atoms with E-state index in [-0.39, 0.29) is 0 Å². The average molecular weight is 141 g/mol. The lowest BCUT2D eigenvalue weighted by atomic mass is 10.3. The lowest BCUT2D eigenvalue weighted by molar-refractivity contribution is 0.600. The molecule has 0 unspecified atom stereocenters. The molecule has 0 bridgehead atoms. The minimum atomic E-state index is -0.411. The van der Waals surface area contributed by atoms with Crippen molar-refractivity contribution >= 4 is 0 Å². The third kappa shape index (κ3) is 2.78. The predicted octanol–water partition coefficient (Wildman–Crippen LogP) is 2.10. The molecule has 1 aromatic carbocycles. The highest BCUT2D eigenvalue weighted by molar-refractivity contribution is 5.04. The molecule has 0 aliphatic heterocycles. The summed E-state index contributed by atoms with van der Waals surface area (Å²) in [7, 11) is 0. The van der Waals surface area contributed by atoms with Crippen LogP contribution in [-0.2, 0) is 0 Å². The highest BCUT2D eigenvalue weighted by atomic mass is 19.1. The van der Waals surface area contributed by atoms with Crippen LogP contribution < -0.4 is 0 Å². The first-order valence-corrected chi connectivity index (χ1v) is 2.46. The summed E-state index contributed by atoms with van der Waals surface area (Å²) < 4.78 is 23.8. The van der Waals surface area contributed by atoms with Gasteiger partial charge in [-0.3, -0.25) is 0 Å². The zero-order chi connectivity index (χ0) is 7.98. The lowest BCUT2D eigenvalue weighted by Gasteiger charge is -1.83. The van der Waals surface area contributed by atoms with E-state index in [0.29, 0.717) is 0 Å². The summed E-state index contributed by atoms with van der Waals surface area (Å²) in [5, 5.41) is 6.50. The molecule has 0 spiro atoms. The van der Waals surface area contributed by atoms with E-state index >= 15 is 0 Å². The van der Waals surface area contributed by atoms with Crippen molar-refractivity contribution in [3.8, 4) is 6.57 Å². The van der Waals surface area contributed by atoms with Crippen molar-refractivity contribution in [3.63, 3.8) is 0 Å². The van der Waals surface area contributed by atoms with Crippen LogP contribution in [0.25, 0.3) is 0 Å². The smallest absolute Gasteiger partial charge is 0.123 e. The fourth-order valence-corrected chi connectivity index (χ4v) is 0.430. The van der Waals surface area contributed by atoms with Crippen LogP contribution in [0.2, 0.25) is 0 Å². The van der Waals surface area contributed by atoms with Gasteiger partial charge in [-0.25, -0.2) is 14.0 Å². The summed E-state index contributed by atoms with van der Waals surface area (Å²) in [6.45, 7) is 3.50. The molecule has 0 amide bonds. The van der Waals surface area contributed by atoms with Gasteiger partial charge in [0.15, 0.2) is 0 Å². The standard InChI is InChI=1S/C6H4F2.CHN/c7-5-1-2-6(8)4-3-5;1-2/h1-4H;1H. The molecule has 0 saturated carbocycles. The van der Waals surface area contributed by atoms with E-state index in [2.05, 4.69) is 6.57 Å². The molecule has 0 N–H and O–H groups in total. The van der Waals surface area contributed by atoms with Gasteiger partial charge in [0, 0.05) is 6.57 Å². The quantitative estimate of drug-likeness (QED) is 0.542. The first-order valence-electron chi connectivity index (χ1n) is 2.46. The molecule has 3 heteroatoms. The Morgan fingerprint density at radius 3 is 1.30 bits per heavy atom. The third-order valence-electron chi connectivity index (χ3n) is 0.804. The zero-order valence-corrected chi connectivity index (χ0v) is 5.09. The fraction of sp³-hybridized carbons (Fsp3) is 0. The summed E-state index contributed by atoms with van der Waals surface area (Å²) >= 11 is 0. The monoisotopic (exact) mass is 141 g/mol. The highest BCUT2D eigenvalue weighted by Gasteiger charge is 1.86. The number of nitriles is 1. The largest absolute Gasteiger partial charge is 0.207 e. The van der Waals surface area contributed by atoms with Crippen LogP contribution in [0.3, 0.4) is 0 Å². The van der Waals surface area contributed by atoms with Crippen molar-refractivity contribution < 1.29 is 8.78 Å². The Balaban J connectivity index is 0.000000371. The van der Waals surface area contributed by atoms with E-state index in [9.17, 15) is 8.78 Å². The van der Waals surface area contributed by atoms with Crippen molar-refractivity contribution in [1.29, 1.82) is 5.26 Å². The van der Waals surface area contributed by atoms with E-state index in [4.69, 9.17) is 5.26 Å². The summed E-state index contributed by atoms with van der Waals surface area (Å²) in [6, 6.07) is 4.31. The second-order valence-electron chi connectivity index (χ2n) is 1.44. The Kier molecular flexibility index (Phi) is 3.81. The van der Waals surface area contributed by atoms with Gasteiger partial charge >= 0.3 is 0 Å². The number of rotatable bonds is 0. The normalized spacial score (nSPS) is 7.60. The second-order valence-corrected chi connectivity index (χ2v) is 1.44. The first-order chi connectivity index (χ1) is 4.79. The molecule has 1 rings (SSSR count). The van der Waals surface area contributed by atoms with Gasteiger partial charge in [0.1, 0.15) is 11.6 Å². The first kappa shape index (κ1) is 8.57. The molecule has 0 aliphatic rings. The predicted molar refractivity (Wildman–Crippen MR) is 33.0 cm³/mol. The van der Waals surface area contributed by atoms with Crippen LogP contribution >= 0.6 is 0 Å². The van der Waals surface area contributed by atoms with Crippen molar-refractivity contribution in [3.05, 3.63) is 35.9 Å². The van der Waals surface area contributed by atoms with Crippen molar-refractivity contribution in [2.45, 2.75) is 0 Å². The van der Waals surface area contributed by atoms with E-state index in [1.54, 1.807) is 0 Å². The van der Waals surface area contributed by atoms with Crippen LogP contribution in [0.4, 0.5) is 8.78 Å². The maximum atomic E-state index is 11.9. The minimum absolute atomic E-state index is 0.411. The molecule has 52 valence electrons. The molecule has 0 atom stereocenters. The summed E-state index contributed by atoms with van der Waals surface area (Å²) in [5.74, 6) is -0.821. The van der Waals surface area contributed by atoms with Gasteiger partial charge in [-0.1, -0.05) is 0 Å². The molecule has 1 nitrogen and oxygen atoms in total. The summed E-state index contributed by atoms with van der Waals surface area (Å²) in [6.07, 6.45) is 0. The third-order valence-corrected chi connectivity index (χ3v) is 0.804. The summed E-state index contributed by atoms with van der Waals surface area (Å²) in [5.41, 5.74) is 0. The van der Waals surface area contributed by atoms with Crippen LogP contribution in [-0.4, -0.2) is 0 Å². The Hall–Kier alpha value is -1.43. The Morgan fingerprint density at radius 1 is 0.900 bits per heavy atom. The van der Waals surface area contributed by atoms with Gasteiger partial charge in [0.2, 0.25) is 0 Å². The molecule has 0 saturated heterocycles. The van der Waals surface area contributed by atoms with E-state index in [0.717, 1.165) is 24.3 Å². The molecule has 0 aromatic heterocycles. The van der Waals surface area contributed by atoms with Gasteiger partial charge < -0.3 is 0 Å². The topological polar surface area (TPSA) is 23.8 Å². The minimum Gasteiger partial charge on any atom is -0.207 e. The van der Waals surface area contributed by atoms with E-state index in [1.807, 2.05) is 0 Å². The fourth-order valence-electron chi connectivity index (χ4n) is 0.430. The molecular weight excluding hydrogens is 136 g/mol. The maximum absolute atomic E-state index is 11.9. The molecule has 0 heterocycles. The molecule has 0 radical (unpaired) electrons. The average Bonchev–Trinajstić information content (AvgIpc) is 2.00. The maximum Gasteiger partial charge on any atom is 0.123 e. The van der Waals surface area contributed by atoms with Gasteiger partial charge in [-0.15, -0.1) is 0 Å². The Bertz CT molecular complexity index is 182. The van der Waals surface area contributed by atoms with Gasteiger partial charge in [0.25, 0.3) is 0 Å². The van der Waals surface area contributed by atoms with Gasteiger partial charge in [-0.05, 0) is 24.3 Å². The Labute approximate surface area is 57.5 Å². The van der Waals surface area contributed by atoms with Crippen LogP contribution in [0.1, 0.15) is 0 Å². The summed E-state index contributed by atoms with van der Waals surface area (Å²) in [4.78, 5) is 0. The van der Waals surface area contributed by atoms with Crippen molar-refractivity contribution in [2.24, 2.45) is 0 Å². The van der Waals surface area contributed by atoms with Crippen molar-refractivity contribution in [1.82, 2.24) is 0 Å². The van der Waals surface area contributed by atoms with Crippen LogP contribution in [0.15, 0.2) is 24.3 Å². The van der Waals surface area contributed by atoms with Crippen LogP contribution in [0.5, 0.6) is 0 Å². The SMILES string of the molecule is C#N.Fc1ccc(F)cc1. The van der Waals surface area contributed by atoms with E-state index in [1.165, 1.54) is 0 Å². The second kappa shape index (κ2) is 4.45. The number of hydrogen-bond acceptors (Lipinski definition) is 1. The zero-order valence-electron chi connectivity index (χ0n) is 5.09. The van der Waals surface area contributed by atoms with Crippen LogP contribution in [0, 0.1) is 23.5 Å². The molecular formula is C7H5F2N. The Morgan fingerprint density at radius 2 is 1.10 bits per heavy atom. The highest BCUT2D eigenvalue weighted by Crippen LogP contribution is 1.98. The number of halogens is 2. The molecule has 10 heavy (non-hydrogen) atoms. The lowest BCUT2D eigenvalue weighted by Crippen LogP contribution is -1.72.